The molecule has 2 rings (SSSR count). The van der Waals surface area contributed by atoms with Gasteiger partial charge in [-0.2, -0.15) is 4.37 Å². The maximum atomic E-state index is 11.6. The number of hydrogen-bond acceptors (Lipinski definition) is 6. The zero-order valence-corrected chi connectivity index (χ0v) is 12.8. The molecule has 0 atom stereocenters. The number of sulfone groups is 1. The zero-order chi connectivity index (χ0) is 13.9. The Morgan fingerprint density at radius 1 is 1.37 bits per heavy atom. The van der Waals surface area contributed by atoms with Crippen LogP contribution in [0.25, 0.3) is 0 Å². The van der Waals surface area contributed by atoms with Gasteiger partial charge in [0.15, 0.2) is 15.7 Å². The molecule has 1 aromatic rings. The summed E-state index contributed by atoms with van der Waals surface area (Å²) in [7, 11) is -3.32. The molecule has 1 aromatic heterocycles. The summed E-state index contributed by atoms with van der Waals surface area (Å²) in [6, 6.07) is 0. The van der Waals surface area contributed by atoms with Gasteiger partial charge in [-0.15, -0.1) is 0 Å². The largest absolute Gasteiger partial charge is 0.382 e. The van der Waals surface area contributed by atoms with Gasteiger partial charge in [-0.1, -0.05) is 32.1 Å². The van der Waals surface area contributed by atoms with E-state index in [1.54, 1.807) is 0 Å². The van der Waals surface area contributed by atoms with Crippen LogP contribution in [0, 0.1) is 5.92 Å². The monoisotopic (exact) mass is 303 g/mol. The molecule has 5 nitrogen and oxygen atoms in total. The Kier molecular flexibility index (Phi) is 4.67. The minimum atomic E-state index is -3.32. The summed E-state index contributed by atoms with van der Waals surface area (Å²) in [6.07, 6.45) is 8.85. The van der Waals surface area contributed by atoms with Crippen molar-refractivity contribution < 1.29 is 8.42 Å². The Balaban J connectivity index is 1.93. The Bertz CT molecular complexity index is 519. The van der Waals surface area contributed by atoms with Crippen LogP contribution in [0.1, 0.15) is 38.5 Å². The number of nitrogens with zero attached hydrogens (tertiary/aromatic N) is 1. The van der Waals surface area contributed by atoms with E-state index in [1.165, 1.54) is 38.4 Å². The van der Waals surface area contributed by atoms with Crippen LogP contribution in [0.2, 0.25) is 0 Å². The highest BCUT2D eigenvalue weighted by Crippen LogP contribution is 2.32. The lowest BCUT2D eigenvalue weighted by Crippen LogP contribution is -2.13. The first kappa shape index (κ1) is 14.6. The Morgan fingerprint density at radius 2 is 2.05 bits per heavy atom. The number of nitrogens with two attached hydrogens (primary N) is 1. The van der Waals surface area contributed by atoms with E-state index in [4.69, 9.17) is 5.73 Å². The molecule has 19 heavy (non-hydrogen) atoms. The normalized spacial score (nSPS) is 17.5. The van der Waals surface area contributed by atoms with Crippen molar-refractivity contribution in [2.75, 3.05) is 23.9 Å². The molecule has 0 bridgehead atoms. The van der Waals surface area contributed by atoms with Gasteiger partial charge in [0, 0.05) is 12.8 Å². The van der Waals surface area contributed by atoms with Crippen LogP contribution >= 0.6 is 11.5 Å². The number of rotatable bonds is 5. The third-order valence-corrected chi connectivity index (χ3v) is 5.71. The van der Waals surface area contributed by atoms with E-state index in [2.05, 4.69) is 9.69 Å². The predicted octanol–water partition coefficient (Wildman–Crippen LogP) is 2.51. The van der Waals surface area contributed by atoms with Gasteiger partial charge in [0.2, 0.25) is 0 Å². The van der Waals surface area contributed by atoms with E-state index >= 15 is 0 Å². The smallest absolute Gasteiger partial charge is 0.182 e. The van der Waals surface area contributed by atoms with E-state index in [0.29, 0.717) is 5.00 Å². The molecule has 0 amide bonds. The number of hydrogen-bond donors (Lipinski definition) is 2. The SMILES string of the molecule is CS(=O)(=O)c1c(N)nsc1NCCC1CCCCC1. The maximum absolute atomic E-state index is 11.6. The second-order valence-corrected chi connectivity index (χ2v) is 7.94. The highest BCUT2D eigenvalue weighted by molar-refractivity contribution is 7.91. The molecule has 1 aliphatic rings. The fraction of sp³-hybridized carbons (Fsp3) is 0.750. The van der Waals surface area contributed by atoms with Crippen molar-refractivity contribution in [2.24, 2.45) is 5.92 Å². The molecule has 0 unspecified atom stereocenters. The fourth-order valence-electron chi connectivity index (χ4n) is 2.63. The molecular formula is C12H21N3O2S2. The van der Waals surface area contributed by atoms with Crippen molar-refractivity contribution in [1.29, 1.82) is 0 Å². The van der Waals surface area contributed by atoms with Crippen LogP contribution in [-0.2, 0) is 9.84 Å². The molecule has 3 N–H and O–H groups in total. The second kappa shape index (κ2) is 6.09. The van der Waals surface area contributed by atoms with Crippen molar-refractivity contribution >= 4 is 32.2 Å². The van der Waals surface area contributed by atoms with Gasteiger partial charge in [-0.3, -0.25) is 0 Å². The Morgan fingerprint density at radius 3 is 2.68 bits per heavy atom. The van der Waals surface area contributed by atoms with Gasteiger partial charge in [0.1, 0.15) is 9.90 Å². The summed E-state index contributed by atoms with van der Waals surface area (Å²) >= 11 is 1.12. The van der Waals surface area contributed by atoms with E-state index in [-0.39, 0.29) is 10.7 Å². The minimum absolute atomic E-state index is 0.104. The molecular weight excluding hydrogens is 282 g/mol. The van der Waals surface area contributed by atoms with Crippen LogP contribution in [0.5, 0.6) is 0 Å². The summed E-state index contributed by atoms with van der Waals surface area (Å²) in [6.45, 7) is 0.787. The van der Waals surface area contributed by atoms with Gasteiger partial charge < -0.3 is 11.1 Å². The first-order valence-corrected chi connectivity index (χ1v) is 9.34. The molecule has 0 radical (unpaired) electrons. The molecule has 0 aliphatic heterocycles. The second-order valence-electron chi connectivity index (χ2n) is 5.22. The van der Waals surface area contributed by atoms with Crippen molar-refractivity contribution in [3.05, 3.63) is 0 Å². The average molecular weight is 303 g/mol. The topological polar surface area (TPSA) is 85.1 Å². The Labute approximate surface area is 118 Å². The van der Waals surface area contributed by atoms with E-state index in [1.807, 2.05) is 0 Å². The van der Waals surface area contributed by atoms with E-state index in [0.717, 1.165) is 30.4 Å². The number of aromatic nitrogens is 1. The third kappa shape index (κ3) is 3.82. The fourth-order valence-corrected chi connectivity index (χ4v) is 4.72. The highest BCUT2D eigenvalue weighted by atomic mass is 32.2. The molecule has 1 heterocycles. The maximum Gasteiger partial charge on any atom is 0.182 e. The summed E-state index contributed by atoms with van der Waals surface area (Å²) in [4.78, 5) is 0.154. The third-order valence-electron chi connectivity index (χ3n) is 3.61. The molecule has 0 aromatic carbocycles. The zero-order valence-electron chi connectivity index (χ0n) is 11.2. The van der Waals surface area contributed by atoms with Crippen LogP contribution in [0.3, 0.4) is 0 Å². The molecule has 7 heteroatoms. The molecule has 0 saturated heterocycles. The Hall–Kier alpha value is -0.820. The molecule has 1 aliphatic carbocycles. The van der Waals surface area contributed by atoms with Crippen molar-refractivity contribution in [3.8, 4) is 0 Å². The standard InChI is InChI=1S/C12H21N3O2S2/c1-19(16,17)10-11(13)15-18-12(10)14-8-7-9-5-3-2-4-6-9/h9,14H,2-8H2,1H3,(H2,13,15). The first-order chi connectivity index (χ1) is 8.98. The predicted molar refractivity (Wildman–Crippen MR) is 79.3 cm³/mol. The van der Waals surface area contributed by atoms with Gasteiger partial charge in [-0.05, 0) is 23.9 Å². The molecule has 108 valence electrons. The minimum Gasteiger partial charge on any atom is -0.382 e. The van der Waals surface area contributed by atoms with Gasteiger partial charge >= 0.3 is 0 Å². The lowest BCUT2D eigenvalue weighted by molar-refractivity contribution is 0.345. The van der Waals surface area contributed by atoms with Crippen molar-refractivity contribution in [3.63, 3.8) is 0 Å². The quantitative estimate of drug-likeness (QED) is 0.873. The van der Waals surface area contributed by atoms with E-state index < -0.39 is 9.84 Å². The lowest BCUT2D eigenvalue weighted by Gasteiger charge is -2.21. The molecule has 1 fully saturated rings. The summed E-state index contributed by atoms with van der Waals surface area (Å²) in [5.41, 5.74) is 5.62. The van der Waals surface area contributed by atoms with Crippen LogP contribution < -0.4 is 11.1 Å². The number of nitrogen functional groups attached to an aromatic ring is 1. The van der Waals surface area contributed by atoms with Crippen molar-refractivity contribution in [2.45, 2.75) is 43.4 Å². The molecule has 1 saturated carbocycles. The average Bonchev–Trinajstić information content (AvgIpc) is 2.72. The van der Waals surface area contributed by atoms with Crippen molar-refractivity contribution in [1.82, 2.24) is 4.37 Å². The number of anilines is 2. The first-order valence-electron chi connectivity index (χ1n) is 6.67. The van der Waals surface area contributed by atoms with E-state index in [9.17, 15) is 8.42 Å². The lowest BCUT2D eigenvalue weighted by atomic mass is 9.87. The van der Waals surface area contributed by atoms with Crippen LogP contribution in [0.15, 0.2) is 4.90 Å². The number of nitrogens with one attached hydrogen (secondary N) is 1. The van der Waals surface area contributed by atoms with Gasteiger partial charge in [0.25, 0.3) is 0 Å². The summed E-state index contributed by atoms with van der Waals surface area (Å²) < 4.78 is 27.2. The van der Waals surface area contributed by atoms with Crippen LogP contribution in [-0.4, -0.2) is 25.6 Å². The summed E-state index contributed by atoms with van der Waals surface area (Å²) in [5, 5.41) is 3.76. The highest BCUT2D eigenvalue weighted by Gasteiger charge is 2.21. The molecule has 0 spiro atoms. The summed E-state index contributed by atoms with van der Waals surface area (Å²) in [5.74, 6) is 0.876. The van der Waals surface area contributed by atoms with Crippen LogP contribution in [0.4, 0.5) is 10.8 Å². The van der Waals surface area contributed by atoms with Gasteiger partial charge in [-0.25, -0.2) is 8.42 Å². The van der Waals surface area contributed by atoms with Gasteiger partial charge in [0.05, 0.1) is 0 Å².